The highest BCUT2D eigenvalue weighted by atomic mass is 79.9. The van der Waals surface area contributed by atoms with Gasteiger partial charge in [0.2, 0.25) is 11.7 Å². The first-order chi connectivity index (χ1) is 13.2. The number of hydrogen-bond donors (Lipinski definition) is 0. The van der Waals surface area contributed by atoms with Gasteiger partial charge in [0.25, 0.3) is 5.56 Å². The highest BCUT2D eigenvalue weighted by Crippen LogP contribution is 2.24. The van der Waals surface area contributed by atoms with Gasteiger partial charge in [0.1, 0.15) is 0 Å². The van der Waals surface area contributed by atoms with Crippen LogP contribution in [0, 0.1) is 0 Å². The van der Waals surface area contributed by atoms with E-state index in [0.29, 0.717) is 40.1 Å². The molecule has 0 atom stereocenters. The van der Waals surface area contributed by atoms with E-state index in [1.807, 2.05) is 49.4 Å². The van der Waals surface area contributed by atoms with Crippen molar-refractivity contribution in [2.24, 2.45) is 0 Å². The Morgan fingerprint density at radius 1 is 1.11 bits per heavy atom. The van der Waals surface area contributed by atoms with E-state index < -0.39 is 0 Å². The fourth-order valence-corrected chi connectivity index (χ4v) is 3.86. The number of fused-ring (bicyclic) bond motifs is 1. The van der Waals surface area contributed by atoms with E-state index in [9.17, 15) is 4.79 Å². The summed E-state index contributed by atoms with van der Waals surface area (Å²) in [5.74, 6) is 1.47. The van der Waals surface area contributed by atoms with Crippen LogP contribution in [0.25, 0.3) is 22.3 Å². The first-order valence-electron chi connectivity index (χ1n) is 8.36. The van der Waals surface area contributed by atoms with Crippen LogP contribution < -0.4 is 5.56 Å². The van der Waals surface area contributed by atoms with Crippen LogP contribution in [-0.4, -0.2) is 19.7 Å². The topological polar surface area (TPSA) is 73.8 Å². The Hall–Kier alpha value is -2.45. The lowest BCUT2D eigenvalue weighted by molar-refractivity contribution is 0.391. The Morgan fingerprint density at radius 2 is 1.89 bits per heavy atom. The van der Waals surface area contributed by atoms with Crippen molar-refractivity contribution in [1.29, 1.82) is 0 Å². The van der Waals surface area contributed by atoms with Crippen molar-refractivity contribution in [3.8, 4) is 11.4 Å². The van der Waals surface area contributed by atoms with Crippen LogP contribution in [-0.2, 0) is 12.3 Å². The number of rotatable bonds is 5. The zero-order chi connectivity index (χ0) is 18.8. The van der Waals surface area contributed by atoms with E-state index in [0.717, 1.165) is 10.0 Å². The van der Waals surface area contributed by atoms with Crippen LogP contribution >= 0.6 is 27.7 Å². The number of nitrogens with zero attached hydrogens (tertiary/aromatic N) is 4. The third kappa shape index (κ3) is 3.68. The molecule has 0 spiro atoms. The summed E-state index contributed by atoms with van der Waals surface area (Å²) in [6.07, 6.45) is 0. The predicted octanol–water partition coefficient (Wildman–Crippen LogP) is 4.52. The van der Waals surface area contributed by atoms with Gasteiger partial charge >= 0.3 is 0 Å². The van der Waals surface area contributed by atoms with E-state index in [2.05, 4.69) is 31.1 Å². The summed E-state index contributed by atoms with van der Waals surface area (Å²) in [5, 5.41) is 5.30. The minimum absolute atomic E-state index is 0.0355. The van der Waals surface area contributed by atoms with Gasteiger partial charge in [0.15, 0.2) is 5.16 Å². The Morgan fingerprint density at radius 3 is 2.67 bits per heavy atom. The quantitative estimate of drug-likeness (QED) is 0.334. The van der Waals surface area contributed by atoms with Gasteiger partial charge in [-0.15, -0.1) is 0 Å². The average Bonchev–Trinajstić information content (AvgIpc) is 3.16. The number of thioether (sulfide) groups is 1. The number of para-hydroxylation sites is 1. The number of halogens is 1. The van der Waals surface area contributed by atoms with E-state index in [1.165, 1.54) is 11.8 Å². The highest BCUT2D eigenvalue weighted by Gasteiger charge is 2.13. The van der Waals surface area contributed by atoms with Crippen LogP contribution in [0.4, 0.5) is 0 Å². The van der Waals surface area contributed by atoms with E-state index in [4.69, 9.17) is 4.52 Å². The molecule has 0 amide bonds. The second-order valence-electron chi connectivity index (χ2n) is 5.77. The molecule has 0 saturated heterocycles. The maximum atomic E-state index is 12.7. The molecule has 0 bridgehead atoms. The normalized spacial score (nSPS) is 11.2. The van der Waals surface area contributed by atoms with E-state index in [-0.39, 0.29) is 5.56 Å². The van der Waals surface area contributed by atoms with Gasteiger partial charge in [-0.3, -0.25) is 9.36 Å². The van der Waals surface area contributed by atoms with Crippen molar-refractivity contribution in [1.82, 2.24) is 19.7 Å². The molecule has 2 aromatic heterocycles. The molecule has 6 nitrogen and oxygen atoms in total. The lowest BCUT2D eigenvalue weighted by Crippen LogP contribution is -2.22. The molecule has 0 saturated carbocycles. The predicted molar refractivity (Wildman–Crippen MR) is 109 cm³/mol. The molecular weight excluding hydrogens is 428 g/mol. The monoisotopic (exact) mass is 442 g/mol. The molecule has 2 heterocycles. The molecule has 0 fully saturated rings. The fourth-order valence-electron chi connectivity index (χ4n) is 2.69. The first kappa shape index (κ1) is 17.9. The Balaban J connectivity index is 1.59. The molecule has 0 radical (unpaired) electrons. The summed E-state index contributed by atoms with van der Waals surface area (Å²) >= 11 is 4.82. The second kappa shape index (κ2) is 7.66. The van der Waals surface area contributed by atoms with E-state index >= 15 is 0 Å². The Kier molecular flexibility index (Phi) is 5.09. The maximum Gasteiger partial charge on any atom is 0.262 e. The van der Waals surface area contributed by atoms with Crippen LogP contribution in [0.1, 0.15) is 12.8 Å². The molecular formula is C19H15BrN4O2S. The minimum Gasteiger partial charge on any atom is -0.338 e. The number of benzene rings is 2. The molecule has 0 unspecified atom stereocenters. The first-order valence-corrected chi connectivity index (χ1v) is 10.1. The van der Waals surface area contributed by atoms with Gasteiger partial charge in [0.05, 0.1) is 16.7 Å². The van der Waals surface area contributed by atoms with Gasteiger partial charge in [0, 0.05) is 16.6 Å². The molecule has 0 N–H and O–H groups in total. The van der Waals surface area contributed by atoms with Gasteiger partial charge in [-0.1, -0.05) is 45.0 Å². The minimum atomic E-state index is -0.0355. The largest absolute Gasteiger partial charge is 0.338 e. The molecule has 8 heteroatoms. The number of hydrogen-bond acceptors (Lipinski definition) is 6. The van der Waals surface area contributed by atoms with Crippen molar-refractivity contribution in [2.45, 2.75) is 24.4 Å². The standard InChI is InChI=1S/C19H15BrN4O2S/c1-2-24-18(25)14-5-3-4-6-15(14)21-19(24)27-11-16-22-17(23-26-16)12-7-9-13(20)10-8-12/h3-10H,2,11H2,1H3. The van der Waals surface area contributed by atoms with Crippen molar-refractivity contribution < 1.29 is 4.52 Å². The molecule has 4 rings (SSSR count). The molecule has 2 aromatic carbocycles. The molecule has 136 valence electrons. The summed E-state index contributed by atoms with van der Waals surface area (Å²) < 4.78 is 8.01. The highest BCUT2D eigenvalue weighted by molar-refractivity contribution is 9.10. The second-order valence-corrected chi connectivity index (χ2v) is 7.63. The van der Waals surface area contributed by atoms with Crippen molar-refractivity contribution in [2.75, 3.05) is 0 Å². The van der Waals surface area contributed by atoms with Crippen molar-refractivity contribution >= 4 is 38.6 Å². The van der Waals surface area contributed by atoms with Crippen molar-refractivity contribution in [3.63, 3.8) is 0 Å². The van der Waals surface area contributed by atoms with Crippen molar-refractivity contribution in [3.05, 3.63) is 69.2 Å². The summed E-state index contributed by atoms with van der Waals surface area (Å²) in [7, 11) is 0. The summed E-state index contributed by atoms with van der Waals surface area (Å²) in [5.41, 5.74) is 1.54. The van der Waals surface area contributed by atoms with Crippen LogP contribution in [0.5, 0.6) is 0 Å². The lowest BCUT2D eigenvalue weighted by Gasteiger charge is -2.10. The zero-order valence-electron chi connectivity index (χ0n) is 14.4. The third-order valence-electron chi connectivity index (χ3n) is 4.04. The fraction of sp³-hybridized carbons (Fsp3) is 0.158. The van der Waals surface area contributed by atoms with Gasteiger partial charge in [-0.2, -0.15) is 4.98 Å². The lowest BCUT2D eigenvalue weighted by atomic mass is 10.2. The molecule has 0 aliphatic carbocycles. The van der Waals surface area contributed by atoms with Gasteiger partial charge < -0.3 is 4.52 Å². The maximum absolute atomic E-state index is 12.7. The van der Waals surface area contributed by atoms with Gasteiger partial charge in [-0.25, -0.2) is 4.98 Å². The summed E-state index contributed by atoms with van der Waals surface area (Å²) in [4.78, 5) is 21.7. The van der Waals surface area contributed by atoms with E-state index in [1.54, 1.807) is 10.6 Å². The molecule has 0 aliphatic heterocycles. The summed E-state index contributed by atoms with van der Waals surface area (Å²) in [6, 6.07) is 15.1. The van der Waals surface area contributed by atoms with Gasteiger partial charge in [-0.05, 0) is 43.3 Å². The van der Waals surface area contributed by atoms with Crippen LogP contribution in [0.3, 0.4) is 0 Å². The smallest absolute Gasteiger partial charge is 0.262 e. The van der Waals surface area contributed by atoms with Crippen LogP contribution in [0.15, 0.2) is 67.5 Å². The molecule has 4 aromatic rings. The summed E-state index contributed by atoms with van der Waals surface area (Å²) in [6.45, 7) is 2.48. The zero-order valence-corrected chi connectivity index (χ0v) is 16.8. The molecule has 27 heavy (non-hydrogen) atoms. The Labute approximate surface area is 167 Å². The van der Waals surface area contributed by atoms with Crippen LogP contribution in [0.2, 0.25) is 0 Å². The average molecular weight is 443 g/mol. The number of aromatic nitrogens is 4. The Bertz CT molecular complexity index is 1150. The third-order valence-corrected chi connectivity index (χ3v) is 5.53. The molecule has 0 aliphatic rings. The SMILES string of the molecule is CCn1c(SCc2nc(-c3ccc(Br)cc3)no2)nc2ccccc2c1=O.